The van der Waals surface area contributed by atoms with Gasteiger partial charge in [0.25, 0.3) is 5.91 Å². The molecule has 0 atom stereocenters. The van der Waals surface area contributed by atoms with Crippen LogP contribution in [-0.4, -0.2) is 19.0 Å². The van der Waals surface area contributed by atoms with Crippen LogP contribution >= 0.6 is 0 Å². The molecule has 0 unspecified atom stereocenters. The lowest BCUT2D eigenvalue weighted by Gasteiger charge is -2.23. The molecule has 2 aromatic carbocycles. The first kappa shape index (κ1) is 15.2. The third-order valence-electron chi connectivity index (χ3n) is 3.25. The molecule has 2 aromatic rings. The van der Waals surface area contributed by atoms with E-state index >= 15 is 0 Å². The molecule has 21 heavy (non-hydrogen) atoms. The SMILES string of the molecule is Cc1cccc(N(CCCN)C(=O)c2ccccc2F)c1. The highest BCUT2D eigenvalue weighted by molar-refractivity contribution is 6.06. The largest absolute Gasteiger partial charge is 0.330 e. The lowest BCUT2D eigenvalue weighted by molar-refractivity contribution is 0.0983. The van der Waals surface area contributed by atoms with E-state index in [2.05, 4.69) is 0 Å². The van der Waals surface area contributed by atoms with Crippen molar-refractivity contribution in [3.05, 3.63) is 65.5 Å². The predicted octanol–water partition coefficient (Wildman–Crippen LogP) is 3.13. The van der Waals surface area contributed by atoms with Gasteiger partial charge in [0.1, 0.15) is 5.82 Å². The molecule has 0 aliphatic heterocycles. The molecule has 0 aliphatic rings. The molecule has 2 N–H and O–H groups in total. The van der Waals surface area contributed by atoms with Gasteiger partial charge in [-0.3, -0.25) is 4.79 Å². The van der Waals surface area contributed by atoms with Crippen LogP contribution in [-0.2, 0) is 0 Å². The summed E-state index contributed by atoms with van der Waals surface area (Å²) in [4.78, 5) is 14.2. The molecule has 3 nitrogen and oxygen atoms in total. The number of halogens is 1. The Labute approximate surface area is 124 Å². The van der Waals surface area contributed by atoms with Gasteiger partial charge in [0.05, 0.1) is 5.56 Å². The van der Waals surface area contributed by atoms with Gasteiger partial charge in [-0.05, 0) is 49.7 Å². The molecule has 110 valence electrons. The second kappa shape index (κ2) is 6.99. The number of hydrogen-bond acceptors (Lipinski definition) is 2. The summed E-state index contributed by atoms with van der Waals surface area (Å²) in [6, 6.07) is 13.6. The molecular weight excluding hydrogens is 267 g/mol. The Morgan fingerprint density at radius 2 is 1.95 bits per heavy atom. The summed E-state index contributed by atoms with van der Waals surface area (Å²) in [5.74, 6) is -0.847. The highest BCUT2D eigenvalue weighted by Gasteiger charge is 2.20. The molecule has 0 saturated heterocycles. The Bertz CT molecular complexity index is 628. The van der Waals surface area contributed by atoms with Crippen molar-refractivity contribution >= 4 is 11.6 Å². The fourth-order valence-corrected chi connectivity index (χ4v) is 2.17. The van der Waals surface area contributed by atoms with E-state index in [-0.39, 0.29) is 11.5 Å². The Morgan fingerprint density at radius 1 is 1.19 bits per heavy atom. The van der Waals surface area contributed by atoms with Crippen molar-refractivity contribution in [2.75, 3.05) is 18.0 Å². The van der Waals surface area contributed by atoms with Gasteiger partial charge in [-0.1, -0.05) is 24.3 Å². The first-order valence-corrected chi connectivity index (χ1v) is 6.96. The van der Waals surface area contributed by atoms with Crippen molar-refractivity contribution < 1.29 is 9.18 Å². The Hall–Kier alpha value is -2.20. The number of nitrogens with two attached hydrogens (primary N) is 1. The number of amides is 1. The summed E-state index contributed by atoms with van der Waals surface area (Å²) in [5, 5.41) is 0. The summed E-state index contributed by atoms with van der Waals surface area (Å²) < 4.78 is 13.8. The van der Waals surface area contributed by atoms with Gasteiger partial charge in [0.2, 0.25) is 0 Å². The van der Waals surface area contributed by atoms with E-state index in [0.717, 1.165) is 11.3 Å². The molecular formula is C17H19FN2O. The number of carbonyl (C=O) groups excluding carboxylic acids is 1. The maximum Gasteiger partial charge on any atom is 0.261 e. The molecule has 0 aliphatic carbocycles. The van der Waals surface area contributed by atoms with Crippen LogP contribution in [0.15, 0.2) is 48.5 Å². The van der Waals surface area contributed by atoms with Crippen molar-refractivity contribution in [3.8, 4) is 0 Å². The van der Waals surface area contributed by atoms with Gasteiger partial charge in [-0.2, -0.15) is 0 Å². The van der Waals surface area contributed by atoms with Gasteiger partial charge < -0.3 is 10.6 Å². The quantitative estimate of drug-likeness (QED) is 0.918. The maximum absolute atomic E-state index is 13.8. The van der Waals surface area contributed by atoms with Crippen LogP contribution in [0.4, 0.5) is 10.1 Å². The van der Waals surface area contributed by atoms with Crippen LogP contribution in [0.2, 0.25) is 0 Å². The Kier molecular flexibility index (Phi) is 5.06. The minimum atomic E-state index is -0.507. The third kappa shape index (κ3) is 3.67. The van der Waals surface area contributed by atoms with Crippen LogP contribution in [0.5, 0.6) is 0 Å². The molecule has 0 fully saturated rings. The zero-order chi connectivity index (χ0) is 15.2. The number of rotatable bonds is 5. The maximum atomic E-state index is 13.8. The second-order valence-electron chi connectivity index (χ2n) is 4.92. The number of benzene rings is 2. The predicted molar refractivity (Wildman–Crippen MR) is 82.9 cm³/mol. The minimum Gasteiger partial charge on any atom is -0.330 e. The van der Waals surface area contributed by atoms with Crippen LogP contribution in [0.1, 0.15) is 22.3 Å². The molecule has 0 aromatic heterocycles. The van der Waals surface area contributed by atoms with Gasteiger partial charge in [0, 0.05) is 12.2 Å². The Morgan fingerprint density at radius 3 is 2.62 bits per heavy atom. The monoisotopic (exact) mass is 286 g/mol. The molecule has 0 spiro atoms. The van der Waals surface area contributed by atoms with Crippen LogP contribution in [0.25, 0.3) is 0 Å². The zero-order valence-electron chi connectivity index (χ0n) is 12.1. The molecule has 1 amide bonds. The van der Waals surface area contributed by atoms with Gasteiger partial charge in [0.15, 0.2) is 0 Å². The zero-order valence-corrected chi connectivity index (χ0v) is 12.1. The van der Waals surface area contributed by atoms with E-state index in [1.165, 1.54) is 12.1 Å². The highest BCUT2D eigenvalue weighted by Crippen LogP contribution is 2.20. The number of nitrogens with zero attached hydrogens (tertiary/aromatic N) is 1. The van der Waals surface area contributed by atoms with E-state index in [1.54, 1.807) is 17.0 Å². The normalized spacial score (nSPS) is 10.4. The number of carbonyl (C=O) groups is 1. The molecule has 4 heteroatoms. The fourth-order valence-electron chi connectivity index (χ4n) is 2.17. The molecule has 0 bridgehead atoms. The Balaban J connectivity index is 2.36. The first-order valence-electron chi connectivity index (χ1n) is 6.96. The average molecular weight is 286 g/mol. The second-order valence-corrected chi connectivity index (χ2v) is 4.92. The van der Waals surface area contributed by atoms with Gasteiger partial charge in [-0.25, -0.2) is 4.39 Å². The smallest absolute Gasteiger partial charge is 0.261 e. The standard InChI is InChI=1S/C17H19FN2O/c1-13-6-4-7-14(12-13)20(11-5-10-19)17(21)15-8-2-3-9-16(15)18/h2-4,6-9,12H,5,10-11,19H2,1H3. The van der Waals surface area contributed by atoms with Crippen LogP contribution in [0, 0.1) is 12.7 Å². The van der Waals surface area contributed by atoms with E-state index in [9.17, 15) is 9.18 Å². The van der Waals surface area contributed by atoms with Crippen LogP contribution in [0.3, 0.4) is 0 Å². The summed E-state index contributed by atoms with van der Waals surface area (Å²) in [7, 11) is 0. The minimum absolute atomic E-state index is 0.0797. The van der Waals surface area contributed by atoms with E-state index in [1.807, 2.05) is 31.2 Å². The first-order chi connectivity index (χ1) is 10.1. The third-order valence-corrected chi connectivity index (χ3v) is 3.25. The highest BCUT2D eigenvalue weighted by atomic mass is 19.1. The summed E-state index contributed by atoms with van der Waals surface area (Å²) in [6.45, 7) is 2.90. The number of anilines is 1. The van der Waals surface area contributed by atoms with E-state index in [0.29, 0.717) is 19.5 Å². The van der Waals surface area contributed by atoms with Crippen molar-refractivity contribution in [2.24, 2.45) is 5.73 Å². The lowest BCUT2D eigenvalue weighted by atomic mass is 10.1. The van der Waals surface area contributed by atoms with Crippen molar-refractivity contribution in [1.29, 1.82) is 0 Å². The fraction of sp³-hybridized carbons (Fsp3) is 0.235. The van der Waals surface area contributed by atoms with Gasteiger partial charge >= 0.3 is 0 Å². The topological polar surface area (TPSA) is 46.3 Å². The summed E-state index contributed by atoms with van der Waals surface area (Å²) >= 11 is 0. The van der Waals surface area contributed by atoms with E-state index < -0.39 is 5.82 Å². The van der Waals surface area contributed by atoms with Crippen molar-refractivity contribution in [3.63, 3.8) is 0 Å². The number of hydrogen-bond donors (Lipinski definition) is 1. The summed E-state index contributed by atoms with van der Waals surface area (Å²) in [5.41, 5.74) is 7.43. The lowest BCUT2D eigenvalue weighted by Crippen LogP contribution is -2.33. The summed E-state index contributed by atoms with van der Waals surface area (Å²) in [6.07, 6.45) is 0.661. The molecule has 2 rings (SSSR count). The molecule has 0 saturated carbocycles. The van der Waals surface area contributed by atoms with Crippen LogP contribution < -0.4 is 10.6 Å². The molecule has 0 radical (unpaired) electrons. The van der Waals surface area contributed by atoms with Gasteiger partial charge in [-0.15, -0.1) is 0 Å². The number of aryl methyl sites for hydroxylation is 1. The molecule has 0 heterocycles. The van der Waals surface area contributed by atoms with E-state index in [4.69, 9.17) is 5.73 Å². The average Bonchev–Trinajstić information content (AvgIpc) is 2.48. The van der Waals surface area contributed by atoms with Crippen molar-refractivity contribution in [1.82, 2.24) is 0 Å². The van der Waals surface area contributed by atoms with Crippen molar-refractivity contribution in [2.45, 2.75) is 13.3 Å².